The van der Waals surface area contributed by atoms with Gasteiger partial charge in [0.05, 0.1) is 42.4 Å². The average molecular weight is 648 g/mol. The number of hydrogen-bond donors (Lipinski definition) is 3. The van der Waals surface area contributed by atoms with Crippen LogP contribution in [0.1, 0.15) is 73.1 Å². The molecule has 1 atom stereocenters. The van der Waals surface area contributed by atoms with Gasteiger partial charge in [0.2, 0.25) is 5.91 Å². The standard InChI is InChI=1S/C34H35ClFN5O5/c1-2-45-32-19(15-29(37)42)14-28(39-31(32)18-3-10-26(36)25(35)12-18)34(44,22-4-5-22)17-38-33(43)20-11-21-16-41(23-6-7-23)40-30(21)27(13-20)46-24-8-9-24/h3,10-14,16,22-24,44H,2,4-9,15,17H2,1H3,(H2,37,42)(H,38,43)/t34-/m1/s1. The lowest BCUT2D eigenvalue weighted by atomic mass is 9.90. The molecule has 2 aromatic carbocycles. The molecule has 2 aromatic heterocycles. The number of benzene rings is 2. The molecule has 0 spiro atoms. The molecular weight excluding hydrogens is 613 g/mol. The van der Waals surface area contributed by atoms with E-state index in [9.17, 15) is 19.1 Å². The van der Waals surface area contributed by atoms with Gasteiger partial charge < -0.3 is 25.6 Å². The topological polar surface area (TPSA) is 142 Å². The number of pyridine rings is 1. The van der Waals surface area contributed by atoms with Crippen LogP contribution in [0.5, 0.6) is 11.5 Å². The molecule has 0 saturated heterocycles. The molecule has 0 bridgehead atoms. The Labute approximate surface area is 270 Å². The lowest BCUT2D eigenvalue weighted by Gasteiger charge is -2.30. The van der Waals surface area contributed by atoms with Crippen LogP contribution in [0, 0.1) is 11.7 Å². The van der Waals surface area contributed by atoms with Gasteiger partial charge in [0, 0.05) is 28.3 Å². The van der Waals surface area contributed by atoms with Gasteiger partial charge >= 0.3 is 0 Å². The van der Waals surface area contributed by atoms with E-state index in [4.69, 9.17) is 36.9 Å². The molecular formula is C34H35ClFN5O5. The first-order valence-electron chi connectivity index (χ1n) is 15.7. The van der Waals surface area contributed by atoms with E-state index in [1.807, 2.05) is 10.9 Å². The largest absolute Gasteiger partial charge is 0.491 e. The Morgan fingerprint density at radius 2 is 1.93 bits per heavy atom. The fourth-order valence-corrected chi connectivity index (χ4v) is 6.01. The summed E-state index contributed by atoms with van der Waals surface area (Å²) in [5.74, 6) is -0.911. The van der Waals surface area contributed by atoms with Crippen molar-refractivity contribution in [3.63, 3.8) is 0 Å². The Bertz CT molecular complexity index is 1850. The van der Waals surface area contributed by atoms with Gasteiger partial charge in [-0.25, -0.2) is 9.37 Å². The van der Waals surface area contributed by atoms with Gasteiger partial charge in [-0.2, -0.15) is 5.10 Å². The van der Waals surface area contributed by atoms with E-state index in [1.54, 1.807) is 25.1 Å². The highest BCUT2D eigenvalue weighted by atomic mass is 35.5. The lowest BCUT2D eigenvalue weighted by Crippen LogP contribution is -2.43. The molecule has 4 aromatic rings. The quantitative estimate of drug-likeness (QED) is 0.181. The van der Waals surface area contributed by atoms with Crippen LogP contribution < -0.4 is 20.5 Å². The molecule has 0 aliphatic heterocycles. The maximum atomic E-state index is 14.1. The lowest BCUT2D eigenvalue weighted by molar-refractivity contribution is -0.117. The summed E-state index contributed by atoms with van der Waals surface area (Å²) in [5, 5.41) is 20.6. The summed E-state index contributed by atoms with van der Waals surface area (Å²) in [6, 6.07) is 9.63. The summed E-state index contributed by atoms with van der Waals surface area (Å²) in [5.41, 5.74) is 6.52. The second-order valence-electron chi connectivity index (χ2n) is 12.5. The Hall–Kier alpha value is -4.22. The number of fused-ring (bicyclic) bond motifs is 1. The molecule has 3 saturated carbocycles. The molecule has 10 nitrogen and oxygen atoms in total. The number of aliphatic hydroxyl groups is 1. The van der Waals surface area contributed by atoms with Gasteiger partial charge in [-0.05, 0) is 87.8 Å². The van der Waals surface area contributed by atoms with Crippen LogP contribution in [0.4, 0.5) is 4.39 Å². The highest BCUT2D eigenvalue weighted by Gasteiger charge is 2.47. The van der Waals surface area contributed by atoms with E-state index in [1.165, 1.54) is 18.2 Å². The Kier molecular flexibility index (Phi) is 7.84. The van der Waals surface area contributed by atoms with Crippen LogP contribution in [0.25, 0.3) is 22.2 Å². The van der Waals surface area contributed by atoms with Crippen molar-refractivity contribution < 1.29 is 28.6 Å². The number of hydrogen-bond acceptors (Lipinski definition) is 7. The molecule has 3 aliphatic rings. The van der Waals surface area contributed by atoms with Crippen molar-refractivity contribution in [1.29, 1.82) is 0 Å². The Balaban J connectivity index is 1.23. The molecule has 3 fully saturated rings. The van der Waals surface area contributed by atoms with E-state index in [2.05, 4.69) is 5.32 Å². The molecule has 7 rings (SSSR count). The third kappa shape index (κ3) is 6.13. The number of carbonyl (C=O) groups excluding carboxylic acids is 2. The van der Waals surface area contributed by atoms with Crippen LogP contribution in [0.2, 0.25) is 5.02 Å². The number of aromatic nitrogens is 3. The van der Waals surface area contributed by atoms with Crippen LogP contribution in [0.3, 0.4) is 0 Å². The zero-order valence-corrected chi connectivity index (χ0v) is 26.1. The molecule has 2 amide bonds. The summed E-state index contributed by atoms with van der Waals surface area (Å²) in [6.45, 7) is 1.90. The molecule has 3 aliphatic carbocycles. The third-order valence-electron chi connectivity index (χ3n) is 8.70. The van der Waals surface area contributed by atoms with Gasteiger partial charge in [0.15, 0.2) is 0 Å². The number of ether oxygens (including phenoxy) is 2. The van der Waals surface area contributed by atoms with Crippen molar-refractivity contribution in [2.24, 2.45) is 11.7 Å². The highest BCUT2D eigenvalue weighted by Crippen LogP contribution is 2.47. The van der Waals surface area contributed by atoms with Gasteiger partial charge in [0.1, 0.15) is 34.1 Å². The normalized spacial score (nSPS) is 17.5. The number of rotatable bonds is 13. The molecule has 4 N–H and O–H groups in total. The molecule has 0 radical (unpaired) electrons. The summed E-state index contributed by atoms with van der Waals surface area (Å²) >= 11 is 6.12. The number of amides is 2. The zero-order valence-electron chi connectivity index (χ0n) is 25.4. The van der Waals surface area contributed by atoms with Crippen molar-refractivity contribution in [2.75, 3.05) is 13.2 Å². The van der Waals surface area contributed by atoms with Crippen LogP contribution in [-0.4, -0.2) is 50.9 Å². The average Bonchev–Trinajstić information content (AvgIpc) is 3.88. The first-order chi connectivity index (χ1) is 22.1. The summed E-state index contributed by atoms with van der Waals surface area (Å²) in [6.07, 6.45) is 7.43. The predicted molar refractivity (Wildman–Crippen MR) is 169 cm³/mol. The third-order valence-corrected chi connectivity index (χ3v) is 8.99. The van der Waals surface area contributed by atoms with Gasteiger partial charge in [-0.15, -0.1) is 0 Å². The van der Waals surface area contributed by atoms with Crippen LogP contribution in [-0.2, 0) is 16.8 Å². The van der Waals surface area contributed by atoms with Crippen molar-refractivity contribution in [1.82, 2.24) is 20.1 Å². The molecule has 12 heteroatoms. The monoisotopic (exact) mass is 647 g/mol. The zero-order chi connectivity index (χ0) is 32.2. The van der Waals surface area contributed by atoms with E-state index in [-0.39, 0.29) is 59.7 Å². The van der Waals surface area contributed by atoms with Gasteiger partial charge in [0.25, 0.3) is 5.91 Å². The molecule has 46 heavy (non-hydrogen) atoms. The van der Waals surface area contributed by atoms with Crippen molar-refractivity contribution in [3.8, 4) is 22.8 Å². The number of halogens is 2. The molecule has 0 unspecified atom stereocenters. The second kappa shape index (κ2) is 11.9. The van der Waals surface area contributed by atoms with Crippen molar-refractivity contribution in [2.45, 2.75) is 69.6 Å². The van der Waals surface area contributed by atoms with Crippen molar-refractivity contribution >= 4 is 34.3 Å². The van der Waals surface area contributed by atoms with E-state index < -0.39 is 17.3 Å². The first kappa shape index (κ1) is 30.4. The van der Waals surface area contributed by atoms with Crippen molar-refractivity contribution in [3.05, 3.63) is 70.3 Å². The number of carbonyl (C=O) groups is 2. The van der Waals surface area contributed by atoms with Gasteiger partial charge in [-0.3, -0.25) is 14.3 Å². The summed E-state index contributed by atoms with van der Waals surface area (Å²) < 4.78 is 28.1. The summed E-state index contributed by atoms with van der Waals surface area (Å²) in [7, 11) is 0. The van der Waals surface area contributed by atoms with Crippen LogP contribution in [0.15, 0.2) is 42.6 Å². The predicted octanol–water partition coefficient (Wildman–Crippen LogP) is 5.22. The molecule has 240 valence electrons. The Morgan fingerprint density at radius 3 is 2.59 bits per heavy atom. The number of nitrogens with two attached hydrogens (primary N) is 1. The SMILES string of the molecule is CCOc1c(CC(N)=O)cc([C@@](O)(CNC(=O)c2cc(OC3CC3)c3nn(C4CC4)cc3c2)C2CC2)nc1-c1ccc(F)c(Cl)c1. The minimum atomic E-state index is -1.58. The highest BCUT2D eigenvalue weighted by molar-refractivity contribution is 6.31. The fourth-order valence-electron chi connectivity index (χ4n) is 5.83. The Morgan fingerprint density at radius 1 is 1.15 bits per heavy atom. The minimum absolute atomic E-state index is 0.113. The number of nitrogens with one attached hydrogen (secondary N) is 1. The summed E-state index contributed by atoms with van der Waals surface area (Å²) in [4.78, 5) is 30.6. The smallest absolute Gasteiger partial charge is 0.251 e. The molecule has 2 heterocycles. The maximum Gasteiger partial charge on any atom is 0.251 e. The van der Waals surface area contributed by atoms with Gasteiger partial charge in [-0.1, -0.05) is 11.6 Å². The van der Waals surface area contributed by atoms with E-state index in [0.717, 1.165) is 49.4 Å². The fraction of sp³-hybridized carbons (Fsp3) is 0.412. The van der Waals surface area contributed by atoms with E-state index >= 15 is 0 Å². The number of nitrogens with zero attached hydrogens (tertiary/aromatic N) is 3. The van der Waals surface area contributed by atoms with Crippen LogP contribution >= 0.6 is 11.6 Å². The minimum Gasteiger partial charge on any atom is -0.491 e. The first-order valence-corrected chi connectivity index (χ1v) is 16.1. The maximum absolute atomic E-state index is 14.1. The second-order valence-corrected chi connectivity index (χ2v) is 12.9. The number of primary amides is 1. The van der Waals surface area contributed by atoms with E-state index in [0.29, 0.717) is 28.5 Å².